The van der Waals surface area contributed by atoms with E-state index >= 15 is 0 Å². The Hall–Kier alpha value is -3.49. The number of rotatable bonds is 8. The Morgan fingerprint density at radius 1 is 1.18 bits per heavy atom. The lowest BCUT2D eigenvalue weighted by Crippen LogP contribution is -2.30. The second-order valence-electron chi connectivity index (χ2n) is 7.69. The summed E-state index contributed by atoms with van der Waals surface area (Å²) in [5, 5.41) is 7.23. The Bertz CT molecular complexity index is 1230. The van der Waals surface area contributed by atoms with Gasteiger partial charge in [0.25, 0.3) is 5.91 Å². The zero-order valence-corrected chi connectivity index (χ0v) is 19.4. The number of thiocarbonyl (C=S) groups is 1. The zero-order chi connectivity index (χ0) is 23.4. The second kappa shape index (κ2) is 9.97. The fraction of sp³-hybridized carbons (Fsp3) is 0.240. The average molecular weight is 463 g/mol. The first-order valence-electron chi connectivity index (χ1n) is 10.8. The number of hydrogen-bond acceptors (Lipinski definition) is 4. The fourth-order valence-corrected chi connectivity index (χ4v) is 4.29. The van der Waals surface area contributed by atoms with E-state index in [9.17, 15) is 9.59 Å². The van der Waals surface area contributed by atoms with Crippen molar-refractivity contribution >= 4 is 51.8 Å². The molecule has 8 heteroatoms. The van der Waals surface area contributed by atoms with Gasteiger partial charge in [0.1, 0.15) is 12.2 Å². The molecule has 170 valence electrons. The molecule has 1 aliphatic rings. The minimum atomic E-state index is -0.212. The van der Waals surface area contributed by atoms with Crippen LogP contribution in [0.2, 0.25) is 0 Å². The van der Waals surface area contributed by atoms with Crippen LogP contribution >= 0.6 is 12.2 Å². The van der Waals surface area contributed by atoms with E-state index < -0.39 is 0 Å². The topological polar surface area (TPSA) is 75.6 Å². The number of carbonyl (C=O) groups excluding carboxylic acids is 2. The predicted molar refractivity (Wildman–Crippen MR) is 134 cm³/mol. The summed E-state index contributed by atoms with van der Waals surface area (Å²) >= 11 is 5.43. The van der Waals surface area contributed by atoms with Gasteiger partial charge in [-0.05, 0) is 42.4 Å². The van der Waals surface area contributed by atoms with Crippen molar-refractivity contribution in [3.8, 4) is 0 Å². The first-order valence-corrected chi connectivity index (χ1v) is 11.2. The standard InChI is InChI=1S/C25H26N4O3S/c1-3-17-8-7-11-20-18(15-28(23(17)20)16-22(30)26-12-13-32-2)14-21-24(31)29(25(33)27-21)19-9-5-4-6-10-19/h4-11,14-15H,3,12-13,16H2,1-2H3,(H,26,30)(H,27,33)/b21-14+. The third-order valence-electron chi connectivity index (χ3n) is 5.53. The Labute approximate surface area is 198 Å². The van der Waals surface area contributed by atoms with Gasteiger partial charge in [-0.15, -0.1) is 0 Å². The largest absolute Gasteiger partial charge is 0.383 e. The number of para-hydroxylation sites is 2. The van der Waals surface area contributed by atoms with Crippen LogP contribution in [0, 0.1) is 0 Å². The summed E-state index contributed by atoms with van der Waals surface area (Å²) in [7, 11) is 1.60. The molecule has 0 aliphatic carbocycles. The maximum absolute atomic E-state index is 13.1. The molecule has 0 unspecified atom stereocenters. The molecule has 7 nitrogen and oxygen atoms in total. The first kappa shape index (κ1) is 22.7. The van der Waals surface area contributed by atoms with Crippen LogP contribution in [-0.2, 0) is 27.3 Å². The third kappa shape index (κ3) is 4.67. The van der Waals surface area contributed by atoms with Crippen molar-refractivity contribution in [2.75, 3.05) is 25.2 Å². The van der Waals surface area contributed by atoms with Crippen molar-refractivity contribution in [3.05, 3.63) is 71.6 Å². The summed E-state index contributed by atoms with van der Waals surface area (Å²) < 4.78 is 6.94. The van der Waals surface area contributed by atoms with Gasteiger partial charge in [-0.25, -0.2) is 0 Å². The van der Waals surface area contributed by atoms with Crippen LogP contribution in [0.15, 0.2) is 60.4 Å². The summed E-state index contributed by atoms with van der Waals surface area (Å²) in [6.45, 7) is 3.18. The van der Waals surface area contributed by atoms with Crippen molar-refractivity contribution in [1.82, 2.24) is 15.2 Å². The maximum atomic E-state index is 13.1. The smallest absolute Gasteiger partial charge is 0.281 e. The number of nitrogens with zero attached hydrogens (tertiary/aromatic N) is 2. The number of nitrogens with one attached hydrogen (secondary N) is 2. The average Bonchev–Trinajstić information content (AvgIpc) is 3.30. The normalized spacial score (nSPS) is 14.8. The van der Waals surface area contributed by atoms with Gasteiger partial charge in [0.15, 0.2) is 5.11 Å². The van der Waals surface area contributed by atoms with Crippen LogP contribution in [0.1, 0.15) is 18.1 Å². The highest BCUT2D eigenvalue weighted by atomic mass is 32.1. The van der Waals surface area contributed by atoms with Crippen LogP contribution < -0.4 is 15.5 Å². The molecule has 4 rings (SSSR count). The summed E-state index contributed by atoms with van der Waals surface area (Å²) in [6, 6.07) is 15.4. The zero-order valence-electron chi connectivity index (χ0n) is 18.6. The van der Waals surface area contributed by atoms with Crippen LogP contribution in [0.4, 0.5) is 5.69 Å². The number of amides is 2. The number of hydrogen-bond donors (Lipinski definition) is 2. The number of fused-ring (bicyclic) bond motifs is 1. The Morgan fingerprint density at radius 3 is 2.70 bits per heavy atom. The van der Waals surface area contributed by atoms with Gasteiger partial charge in [0.2, 0.25) is 5.91 Å². The van der Waals surface area contributed by atoms with Crippen LogP contribution in [0.5, 0.6) is 0 Å². The minimum absolute atomic E-state index is 0.0967. The van der Waals surface area contributed by atoms with E-state index in [0.717, 1.165) is 28.5 Å². The molecule has 3 aromatic rings. The van der Waals surface area contributed by atoms with Crippen molar-refractivity contribution in [2.24, 2.45) is 0 Å². The van der Waals surface area contributed by atoms with E-state index in [1.807, 2.05) is 53.2 Å². The fourth-order valence-electron chi connectivity index (χ4n) is 4.00. The van der Waals surface area contributed by atoms with Crippen molar-refractivity contribution in [1.29, 1.82) is 0 Å². The summed E-state index contributed by atoms with van der Waals surface area (Å²) in [5.74, 6) is -0.309. The van der Waals surface area contributed by atoms with Crippen LogP contribution in [0.3, 0.4) is 0 Å². The van der Waals surface area contributed by atoms with Gasteiger partial charge in [-0.3, -0.25) is 14.5 Å². The monoisotopic (exact) mass is 462 g/mol. The van der Waals surface area contributed by atoms with E-state index in [1.165, 1.54) is 4.90 Å². The van der Waals surface area contributed by atoms with Gasteiger partial charge in [0.05, 0.1) is 17.8 Å². The molecular formula is C25H26N4O3S. The molecule has 1 fully saturated rings. The molecular weight excluding hydrogens is 436 g/mol. The molecule has 0 atom stereocenters. The second-order valence-corrected chi connectivity index (χ2v) is 8.07. The van der Waals surface area contributed by atoms with E-state index in [0.29, 0.717) is 29.6 Å². The SMILES string of the molecule is CCc1cccc2c(/C=C3/NC(=S)N(c4ccccc4)C3=O)cn(CC(=O)NCCOC)c12. The van der Waals surface area contributed by atoms with Crippen LogP contribution in [0.25, 0.3) is 17.0 Å². The molecule has 1 aromatic heterocycles. The molecule has 1 saturated heterocycles. The van der Waals surface area contributed by atoms with E-state index in [1.54, 1.807) is 13.2 Å². The Balaban J connectivity index is 1.70. The lowest BCUT2D eigenvalue weighted by Gasteiger charge is -2.13. The number of carbonyl (C=O) groups is 2. The first-order chi connectivity index (χ1) is 16.0. The molecule has 0 bridgehead atoms. The summed E-state index contributed by atoms with van der Waals surface area (Å²) in [5.41, 5.74) is 4.08. The molecule has 2 N–H and O–H groups in total. The quantitative estimate of drug-likeness (QED) is 0.305. The molecule has 2 aromatic carbocycles. The number of benzene rings is 2. The highest BCUT2D eigenvalue weighted by Crippen LogP contribution is 2.29. The lowest BCUT2D eigenvalue weighted by atomic mass is 10.1. The molecule has 0 saturated carbocycles. The van der Waals surface area contributed by atoms with Gasteiger partial charge < -0.3 is 19.9 Å². The highest BCUT2D eigenvalue weighted by Gasteiger charge is 2.32. The highest BCUT2D eigenvalue weighted by molar-refractivity contribution is 7.80. The van der Waals surface area contributed by atoms with Crippen molar-refractivity contribution in [3.63, 3.8) is 0 Å². The molecule has 33 heavy (non-hydrogen) atoms. The van der Waals surface area contributed by atoms with Crippen molar-refractivity contribution in [2.45, 2.75) is 19.9 Å². The lowest BCUT2D eigenvalue weighted by molar-refractivity contribution is -0.121. The van der Waals surface area contributed by atoms with Gasteiger partial charge in [0, 0.05) is 30.8 Å². The molecule has 2 amide bonds. The van der Waals surface area contributed by atoms with Gasteiger partial charge in [-0.2, -0.15) is 0 Å². The molecule has 1 aliphatic heterocycles. The summed E-state index contributed by atoms with van der Waals surface area (Å²) in [4.78, 5) is 27.1. The van der Waals surface area contributed by atoms with E-state index in [-0.39, 0.29) is 18.4 Å². The Kier molecular flexibility index (Phi) is 6.86. The third-order valence-corrected chi connectivity index (χ3v) is 5.81. The number of aromatic nitrogens is 1. The molecule has 0 spiro atoms. The van der Waals surface area contributed by atoms with Gasteiger partial charge in [-0.1, -0.05) is 43.3 Å². The summed E-state index contributed by atoms with van der Waals surface area (Å²) in [6.07, 6.45) is 4.54. The minimum Gasteiger partial charge on any atom is -0.383 e. The maximum Gasteiger partial charge on any atom is 0.281 e. The van der Waals surface area contributed by atoms with Gasteiger partial charge >= 0.3 is 0 Å². The van der Waals surface area contributed by atoms with Crippen molar-refractivity contribution < 1.29 is 14.3 Å². The van der Waals surface area contributed by atoms with E-state index in [4.69, 9.17) is 17.0 Å². The molecule has 0 radical (unpaired) electrons. The number of aryl methyl sites for hydroxylation is 1. The predicted octanol–water partition coefficient (Wildman–Crippen LogP) is 3.23. The number of ether oxygens (including phenoxy) is 1. The Morgan fingerprint density at radius 2 is 1.97 bits per heavy atom. The molecule has 2 heterocycles. The van der Waals surface area contributed by atoms with E-state index in [2.05, 4.69) is 23.6 Å². The number of anilines is 1. The van der Waals surface area contributed by atoms with Crippen LogP contribution in [-0.4, -0.2) is 41.8 Å². The number of methoxy groups -OCH3 is 1.